The summed E-state index contributed by atoms with van der Waals surface area (Å²) in [5.41, 5.74) is 4.76. The Balaban J connectivity index is 1.53. The Morgan fingerprint density at radius 3 is 2.51 bits per heavy atom. The van der Waals surface area contributed by atoms with Crippen LogP contribution in [0, 0.1) is 24.7 Å². The number of amides is 1. The van der Waals surface area contributed by atoms with Crippen molar-refractivity contribution >= 4 is 11.6 Å². The number of aromatic nitrogens is 1. The second kappa shape index (κ2) is 19.6. The molecule has 318 valence electrons. The zero-order valence-corrected chi connectivity index (χ0v) is 35.7. The zero-order valence-electron chi connectivity index (χ0n) is 35.7. The maximum Gasteiger partial charge on any atom is 0.239 e. The molecular weight excluding hydrogens is 747 g/mol. The molecule has 11 heteroatoms. The molecule has 3 aliphatic rings. The van der Waals surface area contributed by atoms with E-state index in [1.54, 1.807) is 18.1 Å². The predicted octanol–water partition coefficient (Wildman–Crippen LogP) is 8.11. The molecule has 1 amide bonds. The van der Waals surface area contributed by atoms with E-state index in [-0.39, 0.29) is 49.9 Å². The number of fused-ring (bicyclic) bond motifs is 2. The monoisotopic (exact) mass is 809 g/mol. The number of carbonyl (C=O) groups excluding carboxylic acids is 1. The second-order valence-electron chi connectivity index (χ2n) is 17.1. The van der Waals surface area contributed by atoms with Crippen molar-refractivity contribution in [1.29, 1.82) is 0 Å². The number of methoxy groups -OCH3 is 1. The third kappa shape index (κ3) is 10.2. The summed E-state index contributed by atoms with van der Waals surface area (Å²) in [6.45, 7) is 12.6. The number of rotatable bonds is 19. The Bertz CT molecular complexity index is 1970. The lowest BCUT2D eigenvalue weighted by Crippen LogP contribution is -2.69. The molecule has 2 heterocycles. The van der Waals surface area contributed by atoms with Crippen LogP contribution in [0.15, 0.2) is 90.1 Å². The summed E-state index contributed by atoms with van der Waals surface area (Å²) >= 11 is 0. The molecule has 0 spiro atoms. The molecule has 3 aromatic rings. The average Bonchev–Trinajstić information content (AvgIpc) is 3.22. The highest BCUT2D eigenvalue weighted by atomic mass is 16.7. The summed E-state index contributed by atoms with van der Waals surface area (Å²) in [7, 11) is 3.44. The van der Waals surface area contributed by atoms with E-state index in [4.69, 9.17) is 28.9 Å². The van der Waals surface area contributed by atoms with Crippen LogP contribution in [-0.2, 0) is 27.4 Å². The summed E-state index contributed by atoms with van der Waals surface area (Å²) in [5, 5.41) is 24.7. The van der Waals surface area contributed by atoms with E-state index in [9.17, 15) is 15.0 Å². The molecular formula is C48H63N3O8. The average molecular weight is 810 g/mol. The number of pyridine rings is 1. The number of benzene rings is 2. The van der Waals surface area contributed by atoms with Crippen LogP contribution in [0.25, 0.3) is 0 Å². The quantitative estimate of drug-likeness (QED) is 0.0701. The Hall–Kier alpha value is -4.71. The Kier molecular flexibility index (Phi) is 14.5. The largest absolute Gasteiger partial charge is 0.497 e. The van der Waals surface area contributed by atoms with Crippen LogP contribution < -0.4 is 14.2 Å². The smallest absolute Gasteiger partial charge is 0.239 e. The number of allylic oxidation sites excluding steroid dienone is 1. The molecule has 6 rings (SSSR count). The van der Waals surface area contributed by atoms with Gasteiger partial charge in [-0.05, 0) is 119 Å². The van der Waals surface area contributed by atoms with Crippen LogP contribution in [0.5, 0.6) is 17.2 Å². The van der Waals surface area contributed by atoms with Gasteiger partial charge in [-0.15, -0.1) is 6.58 Å². The van der Waals surface area contributed by atoms with Gasteiger partial charge in [-0.25, -0.2) is 0 Å². The third-order valence-electron chi connectivity index (χ3n) is 11.8. The van der Waals surface area contributed by atoms with Gasteiger partial charge in [0.1, 0.15) is 35.5 Å². The highest BCUT2D eigenvalue weighted by Crippen LogP contribution is 2.62. The maximum atomic E-state index is 14.5. The van der Waals surface area contributed by atoms with Gasteiger partial charge >= 0.3 is 0 Å². The summed E-state index contributed by atoms with van der Waals surface area (Å²) in [6.07, 6.45) is 9.30. The lowest BCUT2D eigenvalue weighted by atomic mass is 9.55. The fourth-order valence-electron chi connectivity index (χ4n) is 9.10. The van der Waals surface area contributed by atoms with E-state index in [1.165, 1.54) is 0 Å². The molecule has 1 aliphatic heterocycles. The summed E-state index contributed by atoms with van der Waals surface area (Å²) in [5.74, 6) is 0.242. The van der Waals surface area contributed by atoms with Crippen molar-refractivity contribution in [2.45, 2.75) is 109 Å². The van der Waals surface area contributed by atoms with E-state index < -0.39 is 23.3 Å². The number of oxime groups is 1. The predicted molar refractivity (Wildman–Crippen MR) is 229 cm³/mol. The number of likely N-dealkylation sites (N-methyl/N-ethyl adjacent to an activating group) is 1. The van der Waals surface area contributed by atoms with Gasteiger partial charge in [0.2, 0.25) is 11.7 Å². The van der Waals surface area contributed by atoms with Crippen molar-refractivity contribution in [3.05, 3.63) is 107 Å². The van der Waals surface area contributed by atoms with Gasteiger partial charge in [-0.3, -0.25) is 9.78 Å². The first-order valence-corrected chi connectivity index (χ1v) is 21.1. The van der Waals surface area contributed by atoms with E-state index in [0.717, 1.165) is 59.5 Å². The van der Waals surface area contributed by atoms with Gasteiger partial charge in [-0.1, -0.05) is 48.3 Å². The molecule has 0 radical (unpaired) electrons. The van der Waals surface area contributed by atoms with Crippen molar-refractivity contribution in [2.24, 2.45) is 22.9 Å². The number of aliphatic hydroxyl groups excluding tert-OH is 2. The van der Waals surface area contributed by atoms with Crippen LogP contribution in [0.3, 0.4) is 0 Å². The molecule has 59 heavy (non-hydrogen) atoms. The molecule has 11 nitrogen and oxygen atoms in total. The van der Waals surface area contributed by atoms with Crippen LogP contribution in [0.2, 0.25) is 0 Å². The molecule has 1 aromatic heterocycles. The first-order chi connectivity index (χ1) is 28.4. The first kappa shape index (κ1) is 43.9. The van der Waals surface area contributed by atoms with E-state index in [2.05, 4.69) is 23.7 Å². The van der Waals surface area contributed by atoms with Crippen molar-refractivity contribution in [3.8, 4) is 17.2 Å². The van der Waals surface area contributed by atoms with E-state index in [0.29, 0.717) is 43.1 Å². The number of carbonyl (C=O) groups is 1. The van der Waals surface area contributed by atoms with Crippen LogP contribution in [0.4, 0.5) is 0 Å². The molecule has 1 saturated carbocycles. The molecule has 6 unspecified atom stereocenters. The Morgan fingerprint density at radius 1 is 1.03 bits per heavy atom. The molecule has 2 aliphatic carbocycles. The lowest BCUT2D eigenvalue weighted by molar-refractivity contribution is -0.255. The summed E-state index contributed by atoms with van der Waals surface area (Å²) in [6, 6.07) is 18.8. The molecule has 0 bridgehead atoms. The minimum absolute atomic E-state index is 0.0957. The highest BCUT2D eigenvalue weighted by molar-refractivity contribution is 6.03. The van der Waals surface area contributed by atoms with Gasteiger partial charge in [0.25, 0.3) is 0 Å². The highest BCUT2D eigenvalue weighted by Gasteiger charge is 2.65. The normalized spacial score (nSPS) is 24.0. The van der Waals surface area contributed by atoms with Gasteiger partial charge in [-0.2, -0.15) is 0 Å². The maximum absolute atomic E-state index is 14.5. The van der Waals surface area contributed by atoms with Crippen molar-refractivity contribution < 1.29 is 38.8 Å². The van der Waals surface area contributed by atoms with Crippen molar-refractivity contribution in [3.63, 3.8) is 0 Å². The minimum atomic E-state index is -1.34. The molecule has 1 fully saturated rings. The Morgan fingerprint density at radius 2 is 1.80 bits per heavy atom. The molecule has 0 saturated heterocycles. The number of hydrogen-bond donors (Lipinski definition) is 2. The third-order valence-corrected chi connectivity index (χ3v) is 11.8. The number of ether oxygens (including phenoxy) is 4. The van der Waals surface area contributed by atoms with Gasteiger partial charge in [0.05, 0.1) is 37.5 Å². The summed E-state index contributed by atoms with van der Waals surface area (Å²) in [4.78, 5) is 27.2. The molecule has 2 aromatic carbocycles. The van der Waals surface area contributed by atoms with Crippen LogP contribution >= 0.6 is 0 Å². The van der Waals surface area contributed by atoms with E-state index >= 15 is 0 Å². The number of unbranched alkanes of at least 4 members (excludes halogenated alkanes) is 2. The van der Waals surface area contributed by atoms with Crippen molar-refractivity contribution in [2.75, 3.05) is 34.0 Å². The summed E-state index contributed by atoms with van der Waals surface area (Å²) < 4.78 is 26.2. The fraction of sp³-hybridized carbons (Fsp3) is 0.521. The number of aliphatic hydroxyl groups is 2. The molecule has 6 atom stereocenters. The topological polar surface area (TPSA) is 132 Å². The SMILES string of the molecule is C=CCOC12Oc3ccc(OCc4cccc(C)n4)cc3C3C(CCCCO)C(CCCCO)C=C(C(=NOC(C)(C)C)CC1N(C)C(=O)Cc1cccc(OC)c1)C32. The minimum Gasteiger partial charge on any atom is -0.497 e. The van der Waals surface area contributed by atoms with Gasteiger partial charge < -0.3 is 38.9 Å². The fourth-order valence-corrected chi connectivity index (χ4v) is 9.10. The number of aryl methyl sites for hydroxylation is 1. The van der Waals surface area contributed by atoms with Gasteiger partial charge in [0.15, 0.2) is 0 Å². The molecule has 2 N–H and O–H groups in total. The first-order valence-electron chi connectivity index (χ1n) is 21.1. The van der Waals surface area contributed by atoms with Gasteiger partial charge in [0, 0.05) is 43.9 Å². The van der Waals surface area contributed by atoms with Crippen LogP contribution in [0.1, 0.15) is 94.1 Å². The van der Waals surface area contributed by atoms with Crippen molar-refractivity contribution in [1.82, 2.24) is 9.88 Å². The Labute approximate surface area is 350 Å². The zero-order chi connectivity index (χ0) is 42.2. The number of nitrogens with zero attached hydrogens (tertiary/aromatic N) is 3. The standard InChI is InChI=1S/C48H63N3O8/c1-8-25-57-48-43(51(6)44(54)27-33-16-14-19-36(26-33)55-7)30-41(50-59-47(3,4)5)39-28-34(17-9-11-23-52)38(20-10-12-24-53)45(46(39)48)40-29-37(21-22-42(40)58-48)56-31-35-18-13-15-32(2)49-35/h8,13-16,18-19,21-22,26,28-29,34,38,43,45-46,52-53H,1,9-12,17,20,23-25,27,30-31H2,2-7H3. The lowest BCUT2D eigenvalue weighted by Gasteiger charge is -2.59. The second-order valence-corrected chi connectivity index (χ2v) is 17.1. The number of hydrogen-bond acceptors (Lipinski definition) is 10. The van der Waals surface area contributed by atoms with E-state index in [1.807, 2.05) is 89.3 Å². The van der Waals surface area contributed by atoms with Crippen LogP contribution in [-0.4, -0.2) is 83.1 Å².